The molecule has 5 nitrogen and oxygen atoms in total. The Morgan fingerprint density at radius 3 is 2.15 bits per heavy atom. The van der Waals surface area contributed by atoms with Gasteiger partial charge in [-0.1, -0.05) is 0 Å². The largest absolute Gasteiger partial charge is 0.464 e. The Morgan fingerprint density at radius 1 is 1.25 bits per heavy atom. The van der Waals surface area contributed by atoms with E-state index in [1.54, 1.807) is 7.05 Å². The molecule has 0 radical (unpaired) electrons. The van der Waals surface area contributed by atoms with Gasteiger partial charge >= 0.3 is 5.97 Å². The molecule has 0 spiro atoms. The molecule has 0 saturated carbocycles. The second-order valence-electron chi connectivity index (χ2n) is 6.75. The summed E-state index contributed by atoms with van der Waals surface area (Å²) < 4.78 is 5.30. The van der Waals surface area contributed by atoms with Crippen LogP contribution in [0, 0.1) is 0 Å². The number of thiocarbonyl (C=S) groups is 1. The van der Waals surface area contributed by atoms with Crippen molar-refractivity contribution in [3.05, 3.63) is 0 Å². The lowest BCUT2D eigenvalue weighted by atomic mass is 9.71. The maximum absolute atomic E-state index is 12.5. The van der Waals surface area contributed by atoms with Crippen molar-refractivity contribution in [2.45, 2.75) is 64.1 Å². The van der Waals surface area contributed by atoms with E-state index in [0.29, 0.717) is 24.6 Å². The van der Waals surface area contributed by atoms with Crippen LogP contribution >= 0.6 is 12.2 Å². The third-order valence-electron chi connectivity index (χ3n) is 3.41. The summed E-state index contributed by atoms with van der Waals surface area (Å²) in [5.74, 6) is -0.236. The molecule has 0 unspecified atom stereocenters. The van der Waals surface area contributed by atoms with Gasteiger partial charge in [-0.3, -0.25) is 0 Å². The summed E-state index contributed by atoms with van der Waals surface area (Å²) in [6.07, 6.45) is 1.23. The Hall–Kier alpha value is -0.880. The van der Waals surface area contributed by atoms with Crippen LogP contribution in [0.15, 0.2) is 0 Å². The molecule has 116 valence electrons. The van der Waals surface area contributed by atoms with Crippen molar-refractivity contribution in [3.8, 4) is 0 Å². The van der Waals surface area contributed by atoms with Gasteiger partial charge in [0.25, 0.3) is 0 Å². The molecule has 6 heteroatoms. The van der Waals surface area contributed by atoms with Gasteiger partial charge in [-0.15, -0.1) is 0 Å². The quantitative estimate of drug-likeness (QED) is 0.540. The van der Waals surface area contributed by atoms with E-state index in [4.69, 9.17) is 17.0 Å². The number of carbonyl (C=O) groups is 1. The van der Waals surface area contributed by atoms with Crippen LogP contribution in [0.5, 0.6) is 0 Å². The third kappa shape index (κ3) is 4.06. The Morgan fingerprint density at radius 2 is 1.75 bits per heavy atom. The highest BCUT2D eigenvalue weighted by molar-refractivity contribution is 7.80. The summed E-state index contributed by atoms with van der Waals surface area (Å²) >= 11 is 5.21. The summed E-state index contributed by atoms with van der Waals surface area (Å²) in [6, 6.07) is 0. The standard InChI is InChI=1S/C14H27N3O2S/c1-7-19-10(18)14(16-11(20)15-6)8-12(2,3)17-13(4,5)9-14/h17H,7-9H2,1-6H3,(H2,15,16,20). The van der Waals surface area contributed by atoms with Crippen molar-refractivity contribution < 1.29 is 9.53 Å². The van der Waals surface area contributed by atoms with Gasteiger partial charge in [-0.05, 0) is 59.7 Å². The van der Waals surface area contributed by atoms with Crippen LogP contribution in [0.2, 0.25) is 0 Å². The van der Waals surface area contributed by atoms with Crippen molar-refractivity contribution in [1.82, 2.24) is 16.0 Å². The molecule has 0 aromatic heterocycles. The molecule has 1 aliphatic rings. The van der Waals surface area contributed by atoms with Gasteiger partial charge in [0.15, 0.2) is 5.11 Å². The molecule has 0 atom stereocenters. The minimum atomic E-state index is -0.797. The minimum absolute atomic E-state index is 0.190. The van der Waals surface area contributed by atoms with E-state index in [0.717, 1.165) is 0 Å². The number of hydrogen-bond donors (Lipinski definition) is 3. The highest BCUT2D eigenvalue weighted by Crippen LogP contribution is 2.36. The number of carbonyl (C=O) groups excluding carboxylic acids is 1. The zero-order valence-corrected chi connectivity index (χ0v) is 14.2. The lowest BCUT2D eigenvalue weighted by Crippen LogP contribution is -2.71. The van der Waals surface area contributed by atoms with Gasteiger partial charge in [0, 0.05) is 18.1 Å². The van der Waals surface area contributed by atoms with Crippen LogP contribution < -0.4 is 16.0 Å². The van der Waals surface area contributed by atoms with Crippen molar-refractivity contribution in [3.63, 3.8) is 0 Å². The molecule has 3 N–H and O–H groups in total. The van der Waals surface area contributed by atoms with Crippen molar-refractivity contribution in [1.29, 1.82) is 0 Å². The van der Waals surface area contributed by atoms with Gasteiger partial charge in [-0.25, -0.2) is 4.79 Å². The molecular formula is C14H27N3O2S. The normalized spacial score (nSPS) is 22.7. The molecule has 0 aliphatic carbocycles. The van der Waals surface area contributed by atoms with Crippen LogP contribution in [-0.4, -0.2) is 41.4 Å². The number of ether oxygens (including phenoxy) is 1. The highest BCUT2D eigenvalue weighted by Gasteiger charge is 2.52. The first-order valence-electron chi connectivity index (χ1n) is 7.02. The van der Waals surface area contributed by atoms with Gasteiger partial charge in [-0.2, -0.15) is 0 Å². The number of piperidine rings is 1. The predicted octanol–water partition coefficient (Wildman–Crippen LogP) is 1.32. The summed E-state index contributed by atoms with van der Waals surface area (Å²) in [4.78, 5) is 12.5. The molecule has 1 aliphatic heterocycles. The Labute approximate surface area is 127 Å². The number of nitrogens with one attached hydrogen (secondary N) is 3. The first kappa shape index (κ1) is 17.2. The Bertz CT molecular complexity index is 378. The summed E-state index contributed by atoms with van der Waals surface area (Å²) in [6.45, 7) is 10.5. The van der Waals surface area contributed by atoms with Gasteiger partial charge < -0.3 is 20.7 Å². The van der Waals surface area contributed by atoms with E-state index < -0.39 is 5.54 Å². The lowest BCUT2D eigenvalue weighted by molar-refractivity contribution is -0.154. The van der Waals surface area contributed by atoms with Crippen LogP contribution in [0.25, 0.3) is 0 Å². The molecule has 20 heavy (non-hydrogen) atoms. The predicted molar refractivity (Wildman–Crippen MR) is 84.7 cm³/mol. The molecule has 1 fully saturated rings. The van der Waals surface area contributed by atoms with E-state index in [2.05, 4.69) is 43.6 Å². The molecule has 0 amide bonds. The molecule has 0 bridgehead atoms. The van der Waals surface area contributed by atoms with E-state index >= 15 is 0 Å². The molecule has 0 aromatic rings. The maximum Gasteiger partial charge on any atom is 0.331 e. The van der Waals surface area contributed by atoms with E-state index in [1.807, 2.05) is 6.92 Å². The summed E-state index contributed by atoms with van der Waals surface area (Å²) in [5, 5.41) is 10.1. The Balaban J connectivity index is 3.15. The molecule has 1 saturated heterocycles. The van der Waals surface area contributed by atoms with Crippen LogP contribution in [0.1, 0.15) is 47.5 Å². The maximum atomic E-state index is 12.5. The monoisotopic (exact) mass is 301 g/mol. The molecule has 1 rings (SSSR count). The van der Waals surface area contributed by atoms with Gasteiger partial charge in [0.1, 0.15) is 5.54 Å². The first-order chi connectivity index (χ1) is 9.06. The molecule has 0 aromatic carbocycles. The highest BCUT2D eigenvalue weighted by atomic mass is 32.1. The molecule has 1 heterocycles. The topological polar surface area (TPSA) is 62.4 Å². The first-order valence-corrected chi connectivity index (χ1v) is 7.43. The smallest absolute Gasteiger partial charge is 0.331 e. The zero-order valence-electron chi connectivity index (χ0n) is 13.3. The Kier molecular flexibility index (Phi) is 5.03. The fraction of sp³-hybridized carbons (Fsp3) is 0.857. The van der Waals surface area contributed by atoms with E-state index in [-0.39, 0.29) is 17.0 Å². The lowest BCUT2D eigenvalue weighted by Gasteiger charge is -2.51. The zero-order chi connectivity index (χ0) is 15.6. The van der Waals surface area contributed by atoms with E-state index in [9.17, 15) is 4.79 Å². The fourth-order valence-corrected chi connectivity index (χ4v) is 3.60. The number of esters is 1. The SMILES string of the molecule is CCOC(=O)C1(NC(=S)NC)CC(C)(C)NC(C)(C)C1. The minimum Gasteiger partial charge on any atom is -0.464 e. The number of hydrogen-bond acceptors (Lipinski definition) is 4. The number of rotatable bonds is 3. The fourth-order valence-electron chi connectivity index (χ4n) is 3.41. The van der Waals surface area contributed by atoms with E-state index in [1.165, 1.54) is 0 Å². The summed E-state index contributed by atoms with van der Waals surface area (Å²) in [5.41, 5.74) is -1.18. The van der Waals surface area contributed by atoms with Gasteiger partial charge in [0.2, 0.25) is 0 Å². The summed E-state index contributed by atoms with van der Waals surface area (Å²) in [7, 11) is 1.74. The van der Waals surface area contributed by atoms with Crippen molar-refractivity contribution in [2.24, 2.45) is 0 Å². The van der Waals surface area contributed by atoms with Crippen LogP contribution in [-0.2, 0) is 9.53 Å². The van der Waals surface area contributed by atoms with Gasteiger partial charge in [0.05, 0.1) is 6.61 Å². The average Bonchev–Trinajstić information content (AvgIpc) is 2.24. The second kappa shape index (κ2) is 5.85. The third-order valence-corrected chi connectivity index (χ3v) is 3.72. The molecular weight excluding hydrogens is 274 g/mol. The van der Waals surface area contributed by atoms with Crippen molar-refractivity contribution >= 4 is 23.3 Å². The van der Waals surface area contributed by atoms with Crippen molar-refractivity contribution in [2.75, 3.05) is 13.7 Å². The van der Waals surface area contributed by atoms with Crippen LogP contribution in [0.4, 0.5) is 0 Å². The average molecular weight is 301 g/mol. The van der Waals surface area contributed by atoms with Crippen LogP contribution in [0.3, 0.4) is 0 Å². The second-order valence-corrected chi connectivity index (χ2v) is 7.16.